The molecule has 0 heterocycles. The summed E-state index contributed by atoms with van der Waals surface area (Å²) in [5.74, 6) is 0.252. The van der Waals surface area contributed by atoms with E-state index in [0.717, 1.165) is 12.8 Å². The van der Waals surface area contributed by atoms with Gasteiger partial charge < -0.3 is 14.2 Å². The fourth-order valence-electron chi connectivity index (χ4n) is 2.85. The molecule has 0 bridgehead atoms. The van der Waals surface area contributed by atoms with Gasteiger partial charge in [-0.05, 0) is 46.5 Å². The first kappa shape index (κ1) is 22.6. The van der Waals surface area contributed by atoms with E-state index in [1.54, 1.807) is 0 Å². The Morgan fingerprint density at radius 2 is 1.68 bits per heavy atom. The summed E-state index contributed by atoms with van der Waals surface area (Å²) >= 11 is 2.24. The molecule has 7 heteroatoms. The molecule has 1 aliphatic rings. The average molecular weight is 470 g/mol. The highest BCUT2D eigenvalue weighted by molar-refractivity contribution is 14.1. The van der Waals surface area contributed by atoms with E-state index < -0.39 is 9.02 Å². The van der Waals surface area contributed by atoms with Crippen LogP contribution in [0, 0.1) is 5.92 Å². The first-order valence-corrected chi connectivity index (χ1v) is 10.2. The third-order valence-electron chi connectivity index (χ3n) is 4.21. The Bertz CT molecular complexity index is 428. The molecule has 0 aromatic carbocycles. The predicted octanol–water partition coefficient (Wildman–Crippen LogP) is 2.82. The van der Waals surface area contributed by atoms with Crippen LogP contribution in [0.4, 0.5) is 4.79 Å². The molecule has 25 heavy (non-hydrogen) atoms. The first-order valence-electron chi connectivity index (χ1n) is 9.13. The van der Waals surface area contributed by atoms with Gasteiger partial charge in [-0.3, -0.25) is 4.79 Å². The zero-order valence-corrected chi connectivity index (χ0v) is 18.1. The third-order valence-corrected chi connectivity index (χ3v) is 5.53. The SMILES string of the molecule is CC(C)(C)OC(=O)[NH2+]CCOCCOC(=O)C(C)(I)C1CCCCC1. The molecule has 6 nitrogen and oxygen atoms in total. The molecule has 1 rings (SSSR count). The molecule has 0 aromatic rings. The zero-order valence-electron chi connectivity index (χ0n) is 15.9. The molecule has 0 radical (unpaired) electrons. The van der Waals surface area contributed by atoms with Crippen molar-refractivity contribution in [3.05, 3.63) is 0 Å². The highest BCUT2D eigenvalue weighted by Crippen LogP contribution is 2.39. The van der Waals surface area contributed by atoms with E-state index in [1.165, 1.54) is 24.6 Å². The lowest BCUT2D eigenvalue weighted by molar-refractivity contribution is -0.575. The summed E-state index contributed by atoms with van der Waals surface area (Å²) in [4.78, 5) is 23.8. The van der Waals surface area contributed by atoms with Crippen molar-refractivity contribution in [3.8, 4) is 0 Å². The van der Waals surface area contributed by atoms with Gasteiger partial charge in [-0.1, -0.05) is 41.9 Å². The van der Waals surface area contributed by atoms with Gasteiger partial charge in [0, 0.05) is 0 Å². The maximum Gasteiger partial charge on any atom is 0.513 e. The molecule has 2 N–H and O–H groups in total. The van der Waals surface area contributed by atoms with E-state index in [4.69, 9.17) is 14.2 Å². The standard InChI is InChI=1S/C18H32INO5/c1-17(2,3)25-16(22)20-10-11-23-12-13-24-15(21)18(4,19)14-8-6-5-7-9-14/h14H,5-13H2,1-4H3,(H,20,22)/p+1. The number of carbonyl (C=O) groups is 2. The van der Waals surface area contributed by atoms with Crippen LogP contribution in [0.3, 0.4) is 0 Å². The predicted molar refractivity (Wildman–Crippen MR) is 104 cm³/mol. The molecule has 1 aliphatic carbocycles. The van der Waals surface area contributed by atoms with Crippen molar-refractivity contribution in [1.82, 2.24) is 0 Å². The van der Waals surface area contributed by atoms with E-state index in [9.17, 15) is 9.59 Å². The van der Waals surface area contributed by atoms with Crippen molar-refractivity contribution in [3.63, 3.8) is 0 Å². The summed E-state index contributed by atoms with van der Waals surface area (Å²) in [6.45, 7) is 8.94. The van der Waals surface area contributed by atoms with Gasteiger partial charge in [0.25, 0.3) is 0 Å². The van der Waals surface area contributed by atoms with Crippen LogP contribution in [-0.4, -0.2) is 47.5 Å². The molecule has 1 unspecified atom stereocenters. The summed E-state index contributed by atoms with van der Waals surface area (Å²) < 4.78 is 15.5. The number of primary amides is 1. The Kier molecular flexibility index (Phi) is 9.66. The lowest BCUT2D eigenvalue weighted by Crippen LogP contribution is -2.89. The van der Waals surface area contributed by atoms with Gasteiger partial charge in [0.15, 0.2) is 0 Å². The van der Waals surface area contributed by atoms with Crippen LogP contribution in [0.25, 0.3) is 0 Å². The minimum atomic E-state index is -0.479. The number of carbonyl (C=O) groups excluding carboxylic acids is 2. The lowest BCUT2D eigenvalue weighted by Gasteiger charge is -2.33. The largest absolute Gasteiger partial charge is 0.513 e. The maximum atomic E-state index is 12.3. The Hall–Kier alpha value is -0.410. The number of halogens is 1. The zero-order chi connectivity index (χ0) is 18.9. The summed E-state index contributed by atoms with van der Waals surface area (Å²) in [5, 5.41) is 1.47. The minimum Gasteiger partial charge on any atom is -0.462 e. The van der Waals surface area contributed by atoms with Crippen molar-refractivity contribution >= 4 is 34.7 Å². The Balaban J connectivity index is 2.10. The average Bonchev–Trinajstić information content (AvgIpc) is 2.52. The van der Waals surface area contributed by atoms with E-state index in [2.05, 4.69) is 22.6 Å². The molecule has 0 spiro atoms. The normalized spacial score (nSPS) is 18.4. The second kappa shape index (κ2) is 10.7. The summed E-state index contributed by atoms with van der Waals surface area (Å²) in [6, 6.07) is 0. The van der Waals surface area contributed by atoms with Gasteiger partial charge in [0.2, 0.25) is 0 Å². The van der Waals surface area contributed by atoms with E-state index >= 15 is 0 Å². The van der Waals surface area contributed by atoms with Crippen LogP contribution in [-0.2, 0) is 19.0 Å². The van der Waals surface area contributed by atoms with Gasteiger partial charge >= 0.3 is 12.1 Å². The van der Waals surface area contributed by atoms with Crippen LogP contribution in [0.5, 0.6) is 0 Å². The van der Waals surface area contributed by atoms with Crippen molar-refractivity contribution in [2.45, 2.75) is 68.8 Å². The molecule has 1 fully saturated rings. The summed E-state index contributed by atoms with van der Waals surface area (Å²) in [7, 11) is 0. The molecule has 1 amide bonds. The second-order valence-electron chi connectivity index (χ2n) is 7.69. The van der Waals surface area contributed by atoms with Gasteiger partial charge in [0.1, 0.15) is 22.2 Å². The molecule has 1 saturated carbocycles. The Morgan fingerprint density at radius 1 is 1.04 bits per heavy atom. The highest BCUT2D eigenvalue weighted by atomic mass is 127. The number of ether oxygens (including phenoxy) is 3. The number of nitrogens with two attached hydrogens (primary N) is 1. The number of rotatable bonds is 8. The molecule has 1 atom stereocenters. The van der Waals surface area contributed by atoms with Crippen molar-refractivity contribution in [2.24, 2.45) is 5.92 Å². The molecule has 0 aliphatic heterocycles. The van der Waals surface area contributed by atoms with Crippen LogP contribution in [0.1, 0.15) is 59.8 Å². The van der Waals surface area contributed by atoms with E-state index in [-0.39, 0.29) is 18.7 Å². The fourth-order valence-corrected chi connectivity index (χ4v) is 3.63. The molecule has 146 valence electrons. The van der Waals surface area contributed by atoms with Crippen molar-refractivity contribution in [2.75, 3.05) is 26.4 Å². The van der Waals surface area contributed by atoms with Crippen molar-refractivity contribution in [1.29, 1.82) is 0 Å². The Labute approximate surface area is 164 Å². The molecular formula is C18H33INO5+. The van der Waals surface area contributed by atoms with Crippen LogP contribution in [0.2, 0.25) is 0 Å². The van der Waals surface area contributed by atoms with Gasteiger partial charge in [-0.2, -0.15) is 4.79 Å². The number of quaternary nitrogens is 1. The number of esters is 1. The minimum absolute atomic E-state index is 0.149. The number of hydrogen-bond acceptors (Lipinski definition) is 5. The fraction of sp³-hybridized carbons (Fsp3) is 0.889. The third kappa shape index (κ3) is 9.19. The highest BCUT2D eigenvalue weighted by Gasteiger charge is 2.40. The summed E-state index contributed by atoms with van der Waals surface area (Å²) in [5.41, 5.74) is -0.479. The maximum absolute atomic E-state index is 12.3. The van der Waals surface area contributed by atoms with Crippen molar-refractivity contribution < 1.29 is 29.1 Å². The molecule has 0 aromatic heterocycles. The van der Waals surface area contributed by atoms with Crippen LogP contribution < -0.4 is 5.32 Å². The quantitative estimate of drug-likeness (QED) is 0.256. The monoisotopic (exact) mass is 470 g/mol. The number of amides is 1. The smallest absolute Gasteiger partial charge is 0.462 e. The lowest BCUT2D eigenvalue weighted by atomic mass is 9.81. The van der Waals surface area contributed by atoms with Crippen LogP contribution >= 0.6 is 22.6 Å². The number of alkyl halides is 1. The first-order chi connectivity index (χ1) is 11.6. The molecule has 0 saturated heterocycles. The van der Waals surface area contributed by atoms with Crippen LogP contribution in [0.15, 0.2) is 0 Å². The summed E-state index contributed by atoms with van der Waals surface area (Å²) in [6.07, 6.45) is 5.54. The second-order valence-corrected chi connectivity index (χ2v) is 9.93. The Morgan fingerprint density at radius 3 is 2.28 bits per heavy atom. The number of hydrogen-bond donors (Lipinski definition) is 1. The van der Waals surface area contributed by atoms with Gasteiger partial charge in [0.05, 0.1) is 13.2 Å². The topological polar surface area (TPSA) is 78.4 Å². The molecular weight excluding hydrogens is 437 g/mol. The van der Waals surface area contributed by atoms with Gasteiger partial charge in [-0.25, -0.2) is 5.32 Å². The van der Waals surface area contributed by atoms with E-state index in [1.807, 2.05) is 27.7 Å². The van der Waals surface area contributed by atoms with Gasteiger partial charge in [-0.15, -0.1) is 0 Å². The van der Waals surface area contributed by atoms with E-state index in [0.29, 0.717) is 25.7 Å².